The van der Waals surface area contributed by atoms with Gasteiger partial charge in [-0.2, -0.15) is 0 Å². The Bertz CT molecular complexity index is 611. The van der Waals surface area contributed by atoms with Crippen LogP contribution in [0.4, 0.5) is 4.79 Å². The second-order valence-corrected chi connectivity index (χ2v) is 9.39. The Morgan fingerprint density at radius 1 is 0.968 bits per heavy atom. The predicted octanol–water partition coefficient (Wildman–Crippen LogP) is 4.25. The SMILES string of the molecule is CCCCC(=O)C/C=C\C(OC(C)=O)[C@@H](CC(=O)OC(C)(C)C)NC(=O)OC(C)(C)C. The quantitative estimate of drug-likeness (QED) is 0.290. The first kappa shape index (κ1) is 28.6. The van der Waals surface area contributed by atoms with Crippen LogP contribution in [0.5, 0.6) is 0 Å². The molecule has 0 aliphatic rings. The van der Waals surface area contributed by atoms with Crippen LogP contribution in [0.1, 0.15) is 87.5 Å². The summed E-state index contributed by atoms with van der Waals surface area (Å²) in [5, 5.41) is 2.59. The van der Waals surface area contributed by atoms with Crippen molar-refractivity contribution in [3.05, 3.63) is 12.2 Å². The summed E-state index contributed by atoms with van der Waals surface area (Å²) < 4.78 is 15.9. The molecular formula is C23H39NO7. The van der Waals surface area contributed by atoms with Crippen LogP contribution in [0, 0.1) is 0 Å². The third-order valence-corrected chi connectivity index (χ3v) is 3.69. The first-order chi connectivity index (χ1) is 14.1. The average Bonchev–Trinajstić information content (AvgIpc) is 2.54. The van der Waals surface area contributed by atoms with Crippen molar-refractivity contribution in [1.82, 2.24) is 5.32 Å². The van der Waals surface area contributed by atoms with Crippen molar-refractivity contribution in [2.24, 2.45) is 0 Å². The van der Waals surface area contributed by atoms with E-state index in [0.717, 1.165) is 12.8 Å². The first-order valence-corrected chi connectivity index (χ1v) is 10.7. The van der Waals surface area contributed by atoms with Crippen LogP contribution < -0.4 is 5.32 Å². The normalized spacial score (nSPS) is 13.9. The summed E-state index contributed by atoms with van der Waals surface area (Å²) in [5.74, 6) is -1.10. The molecule has 0 heterocycles. The number of amides is 1. The lowest BCUT2D eigenvalue weighted by atomic mass is 10.0. The number of ether oxygens (including phenoxy) is 3. The van der Waals surface area contributed by atoms with Crippen molar-refractivity contribution in [3.63, 3.8) is 0 Å². The van der Waals surface area contributed by atoms with E-state index in [4.69, 9.17) is 14.2 Å². The lowest BCUT2D eigenvalue weighted by Crippen LogP contribution is -2.48. The van der Waals surface area contributed by atoms with Gasteiger partial charge in [-0.1, -0.05) is 19.4 Å². The van der Waals surface area contributed by atoms with Crippen LogP contribution in [0.25, 0.3) is 0 Å². The molecule has 0 aromatic heterocycles. The van der Waals surface area contributed by atoms with Crippen molar-refractivity contribution < 1.29 is 33.4 Å². The van der Waals surface area contributed by atoms with Crippen LogP contribution >= 0.6 is 0 Å². The minimum absolute atomic E-state index is 0.0588. The Balaban J connectivity index is 5.53. The molecule has 31 heavy (non-hydrogen) atoms. The molecule has 0 aliphatic carbocycles. The highest BCUT2D eigenvalue weighted by molar-refractivity contribution is 5.79. The molecule has 1 N–H and O–H groups in total. The van der Waals surface area contributed by atoms with Crippen molar-refractivity contribution >= 4 is 23.8 Å². The Hall–Kier alpha value is -2.38. The van der Waals surface area contributed by atoms with Gasteiger partial charge < -0.3 is 19.5 Å². The highest BCUT2D eigenvalue weighted by atomic mass is 16.6. The van der Waals surface area contributed by atoms with E-state index in [0.29, 0.717) is 6.42 Å². The predicted molar refractivity (Wildman–Crippen MR) is 117 cm³/mol. The Morgan fingerprint density at radius 3 is 2.03 bits per heavy atom. The lowest BCUT2D eigenvalue weighted by Gasteiger charge is -2.28. The molecule has 0 bridgehead atoms. The van der Waals surface area contributed by atoms with Crippen molar-refractivity contribution in [1.29, 1.82) is 0 Å². The number of hydrogen-bond donors (Lipinski definition) is 1. The van der Waals surface area contributed by atoms with Gasteiger partial charge in [0.1, 0.15) is 23.1 Å². The van der Waals surface area contributed by atoms with Gasteiger partial charge in [-0.05, 0) is 54.0 Å². The monoisotopic (exact) mass is 441 g/mol. The smallest absolute Gasteiger partial charge is 0.408 e. The van der Waals surface area contributed by atoms with Crippen LogP contribution in [-0.4, -0.2) is 47.2 Å². The molecule has 0 radical (unpaired) electrons. The van der Waals surface area contributed by atoms with Gasteiger partial charge in [0.2, 0.25) is 0 Å². The zero-order valence-corrected chi connectivity index (χ0v) is 20.2. The van der Waals surface area contributed by atoms with Crippen molar-refractivity contribution in [2.45, 2.75) is 111 Å². The fourth-order valence-electron chi connectivity index (χ4n) is 2.53. The summed E-state index contributed by atoms with van der Waals surface area (Å²) in [4.78, 5) is 48.3. The Kier molecular flexibility index (Phi) is 12.1. The molecule has 2 atom stereocenters. The summed E-state index contributed by atoms with van der Waals surface area (Å²) in [6, 6.07) is -0.935. The molecule has 0 saturated heterocycles. The zero-order chi connectivity index (χ0) is 24.2. The highest BCUT2D eigenvalue weighted by Crippen LogP contribution is 2.15. The maximum atomic E-state index is 12.4. The van der Waals surface area contributed by atoms with Crippen molar-refractivity contribution in [2.75, 3.05) is 0 Å². The average molecular weight is 442 g/mol. The van der Waals surface area contributed by atoms with E-state index >= 15 is 0 Å². The van der Waals surface area contributed by atoms with Crippen LogP contribution in [0.15, 0.2) is 12.2 Å². The van der Waals surface area contributed by atoms with E-state index < -0.39 is 41.4 Å². The van der Waals surface area contributed by atoms with E-state index in [9.17, 15) is 19.2 Å². The number of carbonyl (C=O) groups excluding carboxylic acids is 4. The molecule has 1 unspecified atom stereocenters. The molecular weight excluding hydrogens is 402 g/mol. The van der Waals surface area contributed by atoms with Crippen LogP contribution in [-0.2, 0) is 28.6 Å². The molecule has 0 saturated carbocycles. The molecule has 0 aromatic rings. The molecule has 0 spiro atoms. The number of nitrogens with one attached hydrogen (secondary N) is 1. The fraction of sp³-hybridized carbons (Fsp3) is 0.739. The second-order valence-electron chi connectivity index (χ2n) is 9.39. The summed E-state index contributed by atoms with van der Waals surface area (Å²) in [6.07, 6.45) is 3.48. The number of carbonyl (C=O) groups is 4. The molecule has 0 fully saturated rings. The van der Waals surface area contributed by atoms with Gasteiger partial charge in [0, 0.05) is 19.8 Å². The number of esters is 2. The highest BCUT2D eigenvalue weighted by Gasteiger charge is 2.30. The fourth-order valence-corrected chi connectivity index (χ4v) is 2.53. The number of hydrogen-bond acceptors (Lipinski definition) is 7. The van der Waals surface area contributed by atoms with Gasteiger partial charge in [-0.25, -0.2) is 4.79 Å². The van der Waals surface area contributed by atoms with Crippen LogP contribution in [0.2, 0.25) is 0 Å². The molecule has 0 aromatic carbocycles. The molecule has 0 aliphatic heterocycles. The van der Waals surface area contributed by atoms with E-state index in [1.54, 1.807) is 47.6 Å². The zero-order valence-electron chi connectivity index (χ0n) is 20.2. The third-order valence-electron chi connectivity index (χ3n) is 3.69. The van der Waals surface area contributed by atoms with E-state index in [-0.39, 0.29) is 18.6 Å². The van der Waals surface area contributed by atoms with Gasteiger partial charge in [0.15, 0.2) is 0 Å². The largest absolute Gasteiger partial charge is 0.460 e. The van der Waals surface area contributed by atoms with E-state index in [1.165, 1.54) is 13.0 Å². The minimum atomic E-state index is -0.975. The summed E-state index contributed by atoms with van der Waals surface area (Å²) >= 11 is 0. The topological polar surface area (TPSA) is 108 Å². The van der Waals surface area contributed by atoms with Gasteiger partial charge in [-0.15, -0.1) is 0 Å². The number of Topliss-reactive ketones (excluding diaryl/α,β-unsaturated/α-hetero) is 1. The van der Waals surface area contributed by atoms with Crippen LogP contribution in [0.3, 0.4) is 0 Å². The Labute approximate surface area is 186 Å². The minimum Gasteiger partial charge on any atom is -0.460 e. The van der Waals surface area contributed by atoms with Gasteiger partial charge >= 0.3 is 18.0 Å². The van der Waals surface area contributed by atoms with Gasteiger partial charge in [-0.3, -0.25) is 14.4 Å². The number of ketones is 1. The standard InChI is InChI=1S/C23H39NO7/c1-9-10-12-17(26)13-11-14-19(29-16(2)25)18(15-20(27)30-22(3,4)5)24-21(28)31-23(6,7)8/h11,14,18-19H,9-10,12-13,15H2,1-8H3,(H,24,28)/b14-11-/t18-,19?/m1/s1. The van der Waals surface area contributed by atoms with E-state index in [1.807, 2.05) is 6.92 Å². The maximum absolute atomic E-state index is 12.4. The summed E-state index contributed by atoms with van der Waals surface area (Å²) in [5.41, 5.74) is -1.47. The van der Waals surface area contributed by atoms with Crippen molar-refractivity contribution in [3.8, 4) is 0 Å². The number of allylic oxidation sites excluding steroid dienone is 1. The number of unbranched alkanes of at least 4 members (excludes halogenated alkanes) is 1. The first-order valence-electron chi connectivity index (χ1n) is 10.7. The molecule has 1 amide bonds. The van der Waals surface area contributed by atoms with Gasteiger partial charge in [0.05, 0.1) is 12.5 Å². The molecule has 178 valence electrons. The molecule has 8 nitrogen and oxygen atoms in total. The molecule has 0 rings (SSSR count). The third kappa shape index (κ3) is 16.0. The number of rotatable bonds is 11. The second kappa shape index (κ2) is 13.1. The Morgan fingerprint density at radius 2 is 1.55 bits per heavy atom. The van der Waals surface area contributed by atoms with Gasteiger partial charge in [0.25, 0.3) is 0 Å². The molecule has 8 heteroatoms. The lowest BCUT2D eigenvalue weighted by molar-refractivity contribution is -0.158. The van der Waals surface area contributed by atoms with E-state index in [2.05, 4.69) is 5.32 Å². The maximum Gasteiger partial charge on any atom is 0.408 e. The summed E-state index contributed by atoms with van der Waals surface area (Å²) in [6.45, 7) is 13.5. The summed E-state index contributed by atoms with van der Waals surface area (Å²) in [7, 11) is 0. The number of alkyl carbamates (subject to hydrolysis) is 1.